The average Bonchev–Trinajstić information content (AvgIpc) is 2.74. The first-order chi connectivity index (χ1) is 9.56. The zero-order valence-electron chi connectivity index (χ0n) is 11.9. The summed E-state index contributed by atoms with van der Waals surface area (Å²) in [5.41, 5.74) is 3.17. The minimum absolute atomic E-state index is 0.490. The second-order valence-electron chi connectivity index (χ2n) is 4.58. The SMILES string of the molecule is CCc1nn(CC)c(COc2ccc(Cl)cc2C)c1Br. The Morgan fingerprint density at radius 1 is 1.35 bits per heavy atom. The standard InChI is InChI=1S/C15H18BrClN2O/c1-4-12-15(16)13(19(5-2)18-12)9-20-14-7-6-11(17)8-10(14)3/h6-8H,4-5,9H2,1-3H3. The summed E-state index contributed by atoms with van der Waals surface area (Å²) in [5.74, 6) is 0.850. The second kappa shape index (κ2) is 6.64. The van der Waals surface area contributed by atoms with Crippen LogP contribution in [-0.2, 0) is 19.6 Å². The molecule has 2 rings (SSSR count). The summed E-state index contributed by atoms with van der Waals surface area (Å²) in [6.07, 6.45) is 0.903. The van der Waals surface area contributed by atoms with E-state index < -0.39 is 0 Å². The maximum atomic E-state index is 5.95. The molecule has 0 aliphatic heterocycles. The van der Waals surface area contributed by atoms with Gasteiger partial charge in [0.15, 0.2) is 0 Å². The fraction of sp³-hybridized carbons (Fsp3) is 0.400. The van der Waals surface area contributed by atoms with Crippen molar-refractivity contribution in [2.24, 2.45) is 0 Å². The van der Waals surface area contributed by atoms with Crippen LogP contribution in [0, 0.1) is 6.92 Å². The van der Waals surface area contributed by atoms with Gasteiger partial charge in [-0.25, -0.2) is 0 Å². The third kappa shape index (κ3) is 3.18. The van der Waals surface area contributed by atoms with Crippen LogP contribution in [0.4, 0.5) is 0 Å². The molecule has 0 unspecified atom stereocenters. The van der Waals surface area contributed by atoms with E-state index in [-0.39, 0.29) is 0 Å². The van der Waals surface area contributed by atoms with Crippen LogP contribution in [0.3, 0.4) is 0 Å². The van der Waals surface area contributed by atoms with Crippen LogP contribution < -0.4 is 4.74 Å². The van der Waals surface area contributed by atoms with Crippen LogP contribution in [0.25, 0.3) is 0 Å². The normalized spacial score (nSPS) is 10.8. The van der Waals surface area contributed by atoms with Gasteiger partial charge in [-0.05, 0) is 60.0 Å². The lowest BCUT2D eigenvalue weighted by Gasteiger charge is -2.11. The second-order valence-corrected chi connectivity index (χ2v) is 5.80. The number of aryl methyl sites for hydroxylation is 3. The van der Waals surface area contributed by atoms with E-state index in [1.54, 1.807) is 0 Å². The lowest BCUT2D eigenvalue weighted by molar-refractivity contribution is 0.290. The fourth-order valence-corrected chi connectivity index (χ4v) is 2.98. The third-order valence-corrected chi connectivity index (χ3v) is 4.35. The van der Waals surface area contributed by atoms with Crippen molar-refractivity contribution in [3.8, 4) is 5.75 Å². The molecule has 0 aliphatic rings. The van der Waals surface area contributed by atoms with Gasteiger partial charge in [0.2, 0.25) is 0 Å². The molecule has 2 aromatic rings. The number of aromatic nitrogens is 2. The largest absolute Gasteiger partial charge is 0.487 e. The van der Waals surface area contributed by atoms with E-state index >= 15 is 0 Å². The molecule has 0 fully saturated rings. The van der Waals surface area contributed by atoms with Crippen LogP contribution >= 0.6 is 27.5 Å². The lowest BCUT2D eigenvalue weighted by atomic mass is 10.2. The quantitative estimate of drug-likeness (QED) is 0.771. The Kier molecular flexibility index (Phi) is 5.11. The monoisotopic (exact) mass is 356 g/mol. The zero-order valence-corrected chi connectivity index (χ0v) is 14.3. The molecule has 1 aromatic heterocycles. The van der Waals surface area contributed by atoms with Gasteiger partial charge in [-0.3, -0.25) is 4.68 Å². The highest BCUT2D eigenvalue weighted by Gasteiger charge is 2.14. The first kappa shape index (κ1) is 15.4. The van der Waals surface area contributed by atoms with Gasteiger partial charge >= 0.3 is 0 Å². The van der Waals surface area contributed by atoms with Gasteiger partial charge in [-0.15, -0.1) is 0 Å². The molecule has 0 saturated carbocycles. The van der Waals surface area contributed by atoms with Crippen molar-refractivity contribution in [3.63, 3.8) is 0 Å². The van der Waals surface area contributed by atoms with E-state index in [4.69, 9.17) is 16.3 Å². The molecule has 5 heteroatoms. The van der Waals surface area contributed by atoms with Crippen LogP contribution in [-0.4, -0.2) is 9.78 Å². The maximum Gasteiger partial charge on any atom is 0.131 e. The molecule has 108 valence electrons. The van der Waals surface area contributed by atoms with Crippen molar-refractivity contribution in [2.45, 2.75) is 40.3 Å². The summed E-state index contributed by atoms with van der Waals surface area (Å²) >= 11 is 9.57. The Labute approximate surface area is 133 Å². The van der Waals surface area contributed by atoms with E-state index in [0.717, 1.165) is 45.2 Å². The average molecular weight is 358 g/mol. The summed E-state index contributed by atoms with van der Waals surface area (Å²) in [5, 5.41) is 5.29. The molecular weight excluding hydrogens is 340 g/mol. The first-order valence-corrected chi connectivity index (χ1v) is 7.86. The van der Waals surface area contributed by atoms with E-state index in [1.165, 1.54) is 0 Å². The molecule has 20 heavy (non-hydrogen) atoms. The highest BCUT2D eigenvalue weighted by molar-refractivity contribution is 9.10. The smallest absolute Gasteiger partial charge is 0.131 e. The summed E-state index contributed by atoms with van der Waals surface area (Å²) < 4.78 is 8.94. The van der Waals surface area contributed by atoms with Gasteiger partial charge in [0, 0.05) is 11.6 Å². The fourth-order valence-electron chi connectivity index (χ4n) is 2.08. The minimum Gasteiger partial charge on any atom is -0.487 e. The molecule has 0 radical (unpaired) electrons. The Balaban J connectivity index is 2.20. The topological polar surface area (TPSA) is 27.1 Å². The summed E-state index contributed by atoms with van der Waals surface area (Å²) in [4.78, 5) is 0. The van der Waals surface area contributed by atoms with Gasteiger partial charge in [0.05, 0.1) is 15.9 Å². The number of benzene rings is 1. The van der Waals surface area contributed by atoms with Crippen molar-refractivity contribution in [1.82, 2.24) is 9.78 Å². The van der Waals surface area contributed by atoms with Gasteiger partial charge in [-0.1, -0.05) is 18.5 Å². The van der Waals surface area contributed by atoms with E-state index in [2.05, 4.69) is 34.9 Å². The third-order valence-electron chi connectivity index (χ3n) is 3.20. The van der Waals surface area contributed by atoms with E-state index in [9.17, 15) is 0 Å². The molecule has 0 atom stereocenters. The molecule has 1 heterocycles. The summed E-state index contributed by atoms with van der Waals surface area (Å²) in [7, 11) is 0. The van der Waals surface area contributed by atoms with Gasteiger partial charge in [0.25, 0.3) is 0 Å². The number of rotatable bonds is 5. The van der Waals surface area contributed by atoms with Crippen molar-refractivity contribution >= 4 is 27.5 Å². The highest BCUT2D eigenvalue weighted by atomic mass is 79.9. The Bertz CT molecular complexity index is 610. The Morgan fingerprint density at radius 2 is 2.10 bits per heavy atom. The highest BCUT2D eigenvalue weighted by Crippen LogP contribution is 2.26. The first-order valence-electron chi connectivity index (χ1n) is 6.69. The molecule has 0 aliphatic carbocycles. The van der Waals surface area contributed by atoms with E-state index in [0.29, 0.717) is 6.61 Å². The number of hydrogen-bond donors (Lipinski definition) is 0. The molecule has 0 bridgehead atoms. The number of nitrogens with zero attached hydrogens (tertiary/aromatic N) is 2. The molecule has 0 amide bonds. The van der Waals surface area contributed by atoms with Crippen molar-refractivity contribution < 1.29 is 4.74 Å². The summed E-state index contributed by atoms with van der Waals surface area (Å²) in [6, 6.07) is 5.65. The molecule has 0 N–H and O–H groups in total. The number of ether oxygens (including phenoxy) is 1. The predicted molar refractivity (Wildman–Crippen MR) is 85.5 cm³/mol. The van der Waals surface area contributed by atoms with Gasteiger partial charge < -0.3 is 4.74 Å². The number of halogens is 2. The molecule has 1 aromatic carbocycles. The Hall–Kier alpha value is -1.000. The maximum absolute atomic E-state index is 5.95. The molecule has 0 saturated heterocycles. The molecule has 0 spiro atoms. The van der Waals surface area contributed by atoms with Crippen molar-refractivity contribution in [1.29, 1.82) is 0 Å². The van der Waals surface area contributed by atoms with Crippen LogP contribution in [0.15, 0.2) is 22.7 Å². The van der Waals surface area contributed by atoms with Crippen LogP contribution in [0.2, 0.25) is 5.02 Å². The van der Waals surface area contributed by atoms with Gasteiger partial charge in [-0.2, -0.15) is 5.10 Å². The van der Waals surface area contributed by atoms with Crippen LogP contribution in [0.5, 0.6) is 5.75 Å². The Morgan fingerprint density at radius 3 is 2.70 bits per heavy atom. The van der Waals surface area contributed by atoms with Crippen molar-refractivity contribution in [2.75, 3.05) is 0 Å². The summed E-state index contributed by atoms with van der Waals surface area (Å²) in [6.45, 7) is 7.49. The molecular formula is C15H18BrClN2O. The zero-order chi connectivity index (χ0) is 14.7. The minimum atomic E-state index is 0.490. The molecule has 3 nitrogen and oxygen atoms in total. The number of hydrogen-bond acceptors (Lipinski definition) is 2. The van der Waals surface area contributed by atoms with Crippen molar-refractivity contribution in [3.05, 3.63) is 44.6 Å². The van der Waals surface area contributed by atoms with Gasteiger partial charge in [0.1, 0.15) is 12.4 Å². The van der Waals surface area contributed by atoms with Crippen LogP contribution in [0.1, 0.15) is 30.8 Å². The van der Waals surface area contributed by atoms with E-state index in [1.807, 2.05) is 29.8 Å². The predicted octanol–water partition coefficient (Wildman–Crippen LogP) is 4.77. The lowest BCUT2D eigenvalue weighted by Crippen LogP contribution is -2.07.